The summed E-state index contributed by atoms with van der Waals surface area (Å²) in [6, 6.07) is 2.95. The van der Waals surface area contributed by atoms with Gasteiger partial charge in [0.25, 0.3) is 10.0 Å². The van der Waals surface area contributed by atoms with Gasteiger partial charge in [-0.1, -0.05) is 0 Å². The summed E-state index contributed by atoms with van der Waals surface area (Å²) < 4.78 is 26.0. The number of aromatic hydroxyl groups is 1. The van der Waals surface area contributed by atoms with Crippen LogP contribution in [0, 0.1) is 0 Å². The van der Waals surface area contributed by atoms with Gasteiger partial charge in [-0.2, -0.15) is 0 Å². The van der Waals surface area contributed by atoms with E-state index >= 15 is 0 Å². The lowest BCUT2D eigenvalue weighted by molar-refractivity contribution is 0.0693. The molecule has 1 aromatic heterocycles. The third kappa shape index (κ3) is 2.65. The van der Waals surface area contributed by atoms with Crippen LogP contribution >= 0.6 is 0 Å². The van der Waals surface area contributed by atoms with Crippen LogP contribution in [0.15, 0.2) is 35.5 Å². The van der Waals surface area contributed by atoms with Crippen molar-refractivity contribution in [3.63, 3.8) is 0 Å². The average molecular weight is 283 g/mol. The monoisotopic (exact) mass is 283 g/mol. The van der Waals surface area contributed by atoms with Gasteiger partial charge in [0.15, 0.2) is 0 Å². The van der Waals surface area contributed by atoms with E-state index in [4.69, 9.17) is 5.11 Å². The van der Waals surface area contributed by atoms with Crippen LogP contribution < -0.4 is 4.72 Å². The molecule has 0 bridgehead atoms. The van der Waals surface area contributed by atoms with Crippen molar-refractivity contribution in [3.05, 3.63) is 36.2 Å². The Morgan fingerprint density at radius 2 is 2.11 bits per heavy atom. The molecular formula is C10H9N3O5S. The van der Waals surface area contributed by atoms with E-state index in [1.54, 1.807) is 0 Å². The van der Waals surface area contributed by atoms with Crippen molar-refractivity contribution in [1.29, 1.82) is 0 Å². The van der Waals surface area contributed by atoms with Crippen molar-refractivity contribution in [2.45, 2.75) is 4.90 Å². The molecule has 100 valence electrons. The zero-order valence-corrected chi connectivity index (χ0v) is 10.2. The molecule has 0 unspecified atom stereocenters. The lowest BCUT2D eigenvalue weighted by Gasteiger charge is -2.07. The van der Waals surface area contributed by atoms with Crippen LogP contribution in [0.5, 0.6) is 5.75 Å². The van der Waals surface area contributed by atoms with Crippen molar-refractivity contribution < 1.29 is 23.4 Å². The minimum absolute atomic E-state index is 0.00458. The molecular weight excluding hydrogens is 274 g/mol. The maximum absolute atomic E-state index is 11.9. The van der Waals surface area contributed by atoms with Gasteiger partial charge in [0.1, 0.15) is 11.3 Å². The number of phenols is 1. The number of nitrogens with one attached hydrogen (secondary N) is 2. The number of hydrogen-bond donors (Lipinski definition) is 4. The first kappa shape index (κ1) is 12.9. The number of rotatable bonds is 4. The van der Waals surface area contributed by atoms with Crippen molar-refractivity contribution in [2.75, 3.05) is 4.72 Å². The van der Waals surface area contributed by atoms with Gasteiger partial charge in [-0.05, 0) is 18.2 Å². The maximum Gasteiger partial charge on any atom is 0.339 e. The van der Waals surface area contributed by atoms with Gasteiger partial charge in [-0.25, -0.2) is 22.9 Å². The van der Waals surface area contributed by atoms with E-state index in [1.165, 1.54) is 12.4 Å². The minimum atomic E-state index is -3.97. The van der Waals surface area contributed by atoms with Crippen LogP contribution in [0.2, 0.25) is 0 Å². The SMILES string of the molecule is O=C(O)c1cc(S(=O)(=O)Nc2ncc[nH]2)ccc1O. The van der Waals surface area contributed by atoms with Crippen molar-refractivity contribution in [3.8, 4) is 5.75 Å². The van der Waals surface area contributed by atoms with E-state index in [9.17, 15) is 18.3 Å². The summed E-state index contributed by atoms with van der Waals surface area (Å²) in [5, 5.41) is 18.1. The van der Waals surface area contributed by atoms with E-state index < -0.39 is 27.3 Å². The van der Waals surface area contributed by atoms with E-state index in [0.29, 0.717) is 0 Å². The predicted octanol–water partition coefficient (Wildman–Crippen LogP) is 0.614. The smallest absolute Gasteiger partial charge is 0.339 e. The summed E-state index contributed by atoms with van der Waals surface area (Å²) in [5.74, 6) is -1.93. The number of anilines is 1. The number of benzene rings is 1. The number of aromatic carboxylic acids is 1. The highest BCUT2D eigenvalue weighted by atomic mass is 32.2. The maximum atomic E-state index is 11.9. The number of carboxylic acid groups (broad SMARTS) is 1. The summed E-state index contributed by atoms with van der Waals surface area (Å²) in [6.07, 6.45) is 2.79. The number of H-pyrrole nitrogens is 1. The van der Waals surface area contributed by atoms with Gasteiger partial charge in [-0.15, -0.1) is 0 Å². The van der Waals surface area contributed by atoms with E-state index in [0.717, 1.165) is 18.2 Å². The lowest BCUT2D eigenvalue weighted by atomic mass is 10.2. The molecule has 0 radical (unpaired) electrons. The van der Waals surface area contributed by atoms with Crippen LogP contribution in [-0.4, -0.2) is 34.6 Å². The Morgan fingerprint density at radius 3 is 2.68 bits per heavy atom. The fourth-order valence-corrected chi connectivity index (χ4v) is 2.37. The molecule has 2 rings (SSSR count). The first-order chi connectivity index (χ1) is 8.90. The summed E-state index contributed by atoms with van der Waals surface area (Å²) in [5.41, 5.74) is -0.498. The molecule has 0 spiro atoms. The minimum Gasteiger partial charge on any atom is -0.507 e. The molecule has 19 heavy (non-hydrogen) atoms. The molecule has 0 fully saturated rings. The molecule has 0 atom stereocenters. The fraction of sp³-hybridized carbons (Fsp3) is 0. The summed E-state index contributed by atoms with van der Waals surface area (Å²) in [6.45, 7) is 0. The van der Waals surface area contributed by atoms with E-state index in [2.05, 4.69) is 14.7 Å². The van der Waals surface area contributed by atoms with Crippen molar-refractivity contribution >= 4 is 21.9 Å². The molecule has 8 nitrogen and oxygen atoms in total. The van der Waals surface area contributed by atoms with Gasteiger partial charge in [0.2, 0.25) is 5.95 Å². The van der Waals surface area contributed by atoms with Crippen LogP contribution in [-0.2, 0) is 10.0 Å². The lowest BCUT2D eigenvalue weighted by Crippen LogP contribution is -2.14. The molecule has 0 aliphatic rings. The van der Waals surface area contributed by atoms with Crippen LogP contribution in [0.4, 0.5) is 5.95 Å². The standard InChI is InChI=1S/C10H9N3O5S/c14-8-2-1-6(5-7(8)9(15)16)19(17,18)13-10-11-3-4-12-10/h1-5,14H,(H,15,16)(H2,11,12,13). The molecule has 9 heteroatoms. The molecule has 0 saturated heterocycles. The number of carboxylic acids is 1. The third-order valence-electron chi connectivity index (χ3n) is 2.24. The largest absolute Gasteiger partial charge is 0.507 e. The summed E-state index contributed by atoms with van der Waals surface area (Å²) >= 11 is 0. The zero-order chi connectivity index (χ0) is 14.0. The number of aromatic nitrogens is 2. The summed E-state index contributed by atoms with van der Waals surface area (Å²) in [7, 11) is -3.97. The second-order valence-corrected chi connectivity index (χ2v) is 5.21. The van der Waals surface area contributed by atoms with E-state index in [1.807, 2.05) is 0 Å². The Bertz CT molecular complexity index is 709. The number of sulfonamides is 1. The highest BCUT2D eigenvalue weighted by molar-refractivity contribution is 7.92. The molecule has 4 N–H and O–H groups in total. The Balaban J connectivity index is 2.41. The van der Waals surface area contributed by atoms with Gasteiger partial charge in [0, 0.05) is 12.4 Å². The Morgan fingerprint density at radius 1 is 1.37 bits per heavy atom. The van der Waals surface area contributed by atoms with Gasteiger partial charge >= 0.3 is 5.97 Å². The van der Waals surface area contributed by atoms with Crippen molar-refractivity contribution in [1.82, 2.24) is 9.97 Å². The topological polar surface area (TPSA) is 132 Å². The molecule has 1 heterocycles. The number of nitrogens with zero attached hydrogens (tertiary/aromatic N) is 1. The molecule has 0 saturated carbocycles. The predicted molar refractivity (Wildman–Crippen MR) is 64.5 cm³/mol. The second kappa shape index (κ2) is 4.61. The first-order valence-electron chi connectivity index (χ1n) is 4.98. The normalized spacial score (nSPS) is 11.2. The molecule has 2 aromatic rings. The molecule has 0 aliphatic carbocycles. The Labute approximate surface area is 107 Å². The van der Waals surface area contributed by atoms with Crippen LogP contribution in [0.3, 0.4) is 0 Å². The summed E-state index contributed by atoms with van der Waals surface area (Å²) in [4.78, 5) is 16.8. The molecule has 0 aliphatic heterocycles. The number of aromatic amines is 1. The van der Waals surface area contributed by atoms with Crippen LogP contribution in [0.25, 0.3) is 0 Å². The zero-order valence-electron chi connectivity index (χ0n) is 9.36. The highest BCUT2D eigenvalue weighted by Gasteiger charge is 2.19. The number of carbonyl (C=O) groups is 1. The quantitative estimate of drug-likeness (QED) is 0.650. The number of imidazole rings is 1. The van der Waals surface area contributed by atoms with Crippen LogP contribution in [0.1, 0.15) is 10.4 Å². The first-order valence-corrected chi connectivity index (χ1v) is 6.47. The van der Waals surface area contributed by atoms with Gasteiger partial charge in [-0.3, -0.25) is 0 Å². The molecule has 1 aromatic carbocycles. The fourth-order valence-electron chi connectivity index (χ4n) is 1.36. The number of hydrogen-bond acceptors (Lipinski definition) is 5. The van der Waals surface area contributed by atoms with Gasteiger partial charge in [0.05, 0.1) is 4.90 Å². The molecule has 0 amide bonds. The Kier molecular flexibility index (Phi) is 3.13. The highest BCUT2D eigenvalue weighted by Crippen LogP contribution is 2.22. The van der Waals surface area contributed by atoms with E-state index in [-0.39, 0.29) is 10.8 Å². The van der Waals surface area contributed by atoms with Crippen molar-refractivity contribution in [2.24, 2.45) is 0 Å². The Hall–Kier alpha value is -2.55. The van der Waals surface area contributed by atoms with Gasteiger partial charge < -0.3 is 15.2 Å². The third-order valence-corrected chi connectivity index (χ3v) is 3.57. The second-order valence-electron chi connectivity index (χ2n) is 3.53. The average Bonchev–Trinajstić information content (AvgIpc) is 2.80.